The van der Waals surface area contributed by atoms with Gasteiger partial charge in [0.25, 0.3) is 0 Å². The summed E-state index contributed by atoms with van der Waals surface area (Å²) in [5.41, 5.74) is 5.07. The third-order valence-electron chi connectivity index (χ3n) is 5.44. The van der Waals surface area contributed by atoms with E-state index in [2.05, 4.69) is 48.1 Å². The predicted octanol–water partition coefficient (Wildman–Crippen LogP) is 6.28. The van der Waals surface area contributed by atoms with Gasteiger partial charge in [-0.3, -0.25) is 4.98 Å². The Morgan fingerprint density at radius 1 is 0.871 bits per heavy atom. The number of nitrogens with zero attached hydrogens (tertiary/aromatic N) is 2. The standard InChI is InChI=1S/C27H24N2O2/c1-27(2)17-24(19-13-15-28-16-14-19)26(31-27)21-8-11-23(12-9-21)30-18-22-10-7-20-5-3-4-6-25(20)29-22/h3-16H,17-18H2,1-2H3. The fraction of sp³-hybridized carbons (Fsp3) is 0.185. The molecule has 0 fully saturated rings. The van der Waals surface area contributed by atoms with E-state index in [1.54, 1.807) is 0 Å². The second-order valence-corrected chi connectivity index (χ2v) is 8.39. The van der Waals surface area contributed by atoms with E-state index >= 15 is 0 Å². The summed E-state index contributed by atoms with van der Waals surface area (Å²) in [5.74, 6) is 1.74. The molecule has 31 heavy (non-hydrogen) atoms. The van der Waals surface area contributed by atoms with Gasteiger partial charge in [0, 0.05) is 35.3 Å². The molecule has 0 bridgehead atoms. The van der Waals surface area contributed by atoms with Crippen LogP contribution in [0.25, 0.3) is 22.2 Å². The lowest BCUT2D eigenvalue weighted by Crippen LogP contribution is -2.17. The molecule has 0 atom stereocenters. The van der Waals surface area contributed by atoms with E-state index in [1.807, 2.05) is 60.9 Å². The second kappa shape index (κ2) is 7.88. The van der Waals surface area contributed by atoms with Crippen LogP contribution >= 0.6 is 0 Å². The number of aromatic nitrogens is 2. The quantitative estimate of drug-likeness (QED) is 0.390. The van der Waals surface area contributed by atoms with Crippen LogP contribution in [0.15, 0.2) is 85.2 Å². The number of ether oxygens (including phenoxy) is 2. The first kappa shape index (κ1) is 19.3. The highest BCUT2D eigenvalue weighted by Gasteiger charge is 2.33. The zero-order valence-corrected chi connectivity index (χ0v) is 17.7. The highest BCUT2D eigenvalue weighted by Crippen LogP contribution is 2.43. The first-order valence-electron chi connectivity index (χ1n) is 10.5. The molecule has 4 heteroatoms. The van der Waals surface area contributed by atoms with Crippen LogP contribution < -0.4 is 4.74 Å². The molecule has 3 heterocycles. The number of hydrogen-bond donors (Lipinski definition) is 0. The van der Waals surface area contributed by atoms with Crippen LogP contribution in [-0.2, 0) is 11.3 Å². The number of benzene rings is 2. The molecule has 0 spiro atoms. The van der Waals surface area contributed by atoms with Crippen molar-refractivity contribution in [3.05, 3.63) is 102 Å². The molecule has 1 aliphatic heterocycles. The summed E-state index contributed by atoms with van der Waals surface area (Å²) in [4.78, 5) is 8.81. The largest absolute Gasteiger partial charge is 0.487 e. The van der Waals surface area contributed by atoms with Gasteiger partial charge in [0.1, 0.15) is 23.7 Å². The minimum Gasteiger partial charge on any atom is -0.487 e. The van der Waals surface area contributed by atoms with Crippen LogP contribution in [0.2, 0.25) is 0 Å². The first-order valence-corrected chi connectivity index (χ1v) is 10.5. The number of hydrogen-bond acceptors (Lipinski definition) is 4. The van der Waals surface area contributed by atoms with Crippen LogP contribution in [0.5, 0.6) is 5.75 Å². The molecule has 0 aliphatic carbocycles. The van der Waals surface area contributed by atoms with Crippen molar-refractivity contribution in [1.29, 1.82) is 0 Å². The van der Waals surface area contributed by atoms with Crippen LogP contribution in [0, 0.1) is 0 Å². The summed E-state index contributed by atoms with van der Waals surface area (Å²) in [7, 11) is 0. The van der Waals surface area contributed by atoms with Gasteiger partial charge in [-0.15, -0.1) is 0 Å². The highest BCUT2D eigenvalue weighted by molar-refractivity contribution is 5.90. The third-order valence-corrected chi connectivity index (χ3v) is 5.44. The molecular weight excluding hydrogens is 384 g/mol. The monoisotopic (exact) mass is 408 g/mol. The van der Waals surface area contributed by atoms with Crippen molar-refractivity contribution < 1.29 is 9.47 Å². The molecule has 0 amide bonds. The number of rotatable bonds is 5. The molecule has 2 aromatic heterocycles. The van der Waals surface area contributed by atoms with E-state index in [9.17, 15) is 0 Å². The Morgan fingerprint density at radius 2 is 1.65 bits per heavy atom. The Balaban J connectivity index is 1.35. The maximum Gasteiger partial charge on any atom is 0.131 e. The summed E-state index contributed by atoms with van der Waals surface area (Å²) in [5, 5.41) is 1.13. The Bertz CT molecular complexity index is 1250. The van der Waals surface area contributed by atoms with Crippen molar-refractivity contribution >= 4 is 22.2 Å². The SMILES string of the molecule is CC1(C)CC(c2ccncc2)=C(c2ccc(OCc3ccc4ccccc4n3)cc2)O1. The summed E-state index contributed by atoms with van der Waals surface area (Å²) in [6, 6.07) is 24.4. The molecule has 2 aromatic carbocycles. The first-order chi connectivity index (χ1) is 15.1. The fourth-order valence-corrected chi connectivity index (χ4v) is 3.95. The van der Waals surface area contributed by atoms with E-state index in [0.29, 0.717) is 6.61 Å². The lowest BCUT2D eigenvalue weighted by molar-refractivity contribution is 0.101. The van der Waals surface area contributed by atoms with Gasteiger partial charge >= 0.3 is 0 Å². The molecule has 0 unspecified atom stereocenters. The van der Waals surface area contributed by atoms with Crippen LogP contribution in [0.3, 0.4) is 0 Å². The lowest BCUT2D eigenvalue weighted by atomic mass is 9.95. The molecule has 4 aromatic rings. The van der Waals surface area contributed by atoms with Gasteiger partial charge in [-0.05, 0) is 67.9 Å². The minimum atomic E-state index is -0.231. The molecule has 5 rings (SSSR count). The second-order valence-electron chi connectivity index (χ2n) is 8.39. The normalized spacial score (nSPS) is 15.2. The Kier molecular flexibility index (Phi) is 4.91. The van der Waals surface area contributed by atoms with Crippen molar-refractivity contribution in [1.82, 2.24) is 9.97 Å². The molecule has 0 N–H and O–H groups in total. The maximum atomic E-state index is 6.32. The fourth-order valence-electron chi connectivity index (χ4n) is 3.95. The average Bonchev–Trinajstić information content (AvgIpc) is 3.14. The molecule has 0 saturated carbocycles. The Morgan fingerprint density at radius 3 is 2.45 bits per heavy atom. The van der Waals surface area contributed by atoms with Crippen molar-refractivity contribution in [2.24, 2.45) is 0 Å². The summed E-state index contributed by atoms with van der Waals surface area (Å²) in [6.45, 7) is 4.67. The number of pyridine rings is 2. The molecule has 154 valence electrons. The molecule has 0 saturated heterocycles. The smallest absolute Gasteiger partial charge is 0.131 e. The average molecular weight is 409 g/mol. The lowest BCUT2D eigenvalue weighted by Gasteiger charge is -2.19. The van der Waals surface area contributed by atoms with Crippen molar-refractivity contribution in [3.63, 3.8) is 0 Å². The molecular formula is C27H24N2O2. The zero-order valence-electron chi connectivity index (χ0n) is 17.7. The van der Waals surface area contributed by atoms with E-state index in [-0.39, 0.29) is 5.60 Å². The van der Waals surface area contributed by atoms with Crippen LogP contribution in [-0.4, -0.2) is 15.6 Å². The maximum absolute atomic E-state index is 6.32. The molecule has 0 radical (unpaired) electrons. The Hall–Kier alpha value is -3.66. The number of fused-ring (bicyclic) bond motifs is 1. The minimum absolute atomic E-state index is 0.231. The zero-order chi connectivity index (χ0) is 21.3. The van der Waals surface area contributed by atoms with Crippen LogP contribution in [0.4, 0.5) is 0 Å². The summed E-state index contributed by atoms with van der Waals surface area (Å²) < 4.78 is 12.3. The van der Waals surface area contributed by atoms with Gasteiger partial charge in [-0.25, -0.2) is 4.98 Å². The van der Waals surface area contributed by atoms with Gasteiger partial charge in [-0.2, -0.15) is 0 Å². The Labute approximate surface area is 182 Å². The molecule has 4 nitrogen and oxygen atoms in total. The van der Waals surface area contributed by atoms with E-state index in [0.717, 1.165) is 45.7 Å². The van der Waals surface area contributed by atoms with Gasteiger partial charge in [0.2, 0.25) is 0 Å². The summed E-state index contributed by atoms with van der Waals surface area (Å²) >= 11 is 0. The predicted molar refractivity (Wildman–Crippen MR) is 123 cm³/mol. The van der Waals surface area contributed by atoms with Gasteiger partial charge in [-0.1, -0.05) is 24.3 Å². The highest BCUT2D eigenvalue weighted by atomic mass is 16.5. The summed E-state index contributed by atoms with van der Waals surface area (Å²) in [6.07, 6.45) is 4.50. The van der Waals surface area contributed by atoms with Crippen molar-refractivity contribution in [3.8, 4) is 5.75 Å². The molecule has 1 aliphatic rings. The van der Waals surface area contributed by atoms with Gasteiger partial charge in [0.15, 0.2) is 0 Å². The van der Waals surface area contributed by atoms with E-state index in [4.69, 9.17) is 9.47 Å². The van der Waals surface area contributed by atoms with Crippen molar-refractivity contribution in [2.45, 2.75) is 32.5 Å². The number of para-hydroxylation sites is 1. The van der Waals surface area contributed by atoms with Crippen molar-refractivity contribution in [2.75, 3.05) is 0 Å². The van der Waals surface area contributed by atoms with Gasteiger partial charge < -0.3 is 9.47 Å². The topological polar surface area (TPSA) is 44.2 Å². The van der Waals surface area contributed by atoms with E-state index < -0.39 is 0 Å². The van der Waals surface area contributed by atoms with E-state index in [1.165, 1.54) is 5.57 Å². The van der Waals surface area contributed by atoms with Crippen LogP contribution in [0.1, 0.15) is 37.1 Å². The third kappa shape index (κ3) is 4.15. The van der Waals surface area contributed by atoms with Gasteiger partial charge in [0.05, 0.1) is 11.2 Å².